The fourth-order valence-electron chi connectivity index (χ4n) is 3.55. The van der Waals surface area contributed by atoms with Gasteiger partial charge in [0.2, 0.25) is 0 Å². The molecule has 0 saturated carbocycles. The molecule has 32 heavy (non-hydrogen) atoms. The number of aromatic nitrogens is 1. The number of hydrogen-bond donors (Lipinski definition) is 3. The van der Waals surface area contributed by atoms with Crippen LogP contribution in [0.3, 0.4) is 0 Å². The van der Waals surface area contributed by atoms with Crippen LogP contribution in [0.5, 0.6) is 0 Å². The van der Waals surface area contributed by atoms with E-state index in [4.69, 9.17) is 4.74 Å². The van der Waals surface area contributed by atoms with E-state index in [1.54, 1.807) is 45.0 Å². The largest absolute Gasteiger partial charge is 0.444 e. The molecule has 0 aliphatic heterocycles. The number of fused-ring (bicyclic) bond motifs is 1. The first-order valence-corrected chi connectivity index (χ1v) is 10.5. The number of carbonyl (C=O) groups excluding carboxylic acids is 2. The lowest BCUT2D eigenvalue weighted by atomic mass is 9.98. The maximum absolute atomic E-state index is 12.6. The third-order valence-corrected chi connectivity index (χ3v) is 4.98. The van der Waals surface area contributed by atoms with E-state index in [0.717, 1.165) is 16.5 Å². The maximum atomic E-state index is 12.6. The van der Waals surface area contributed by atoms with E-state index < -0.39 is 23.8 Å². The number of anilines is 1. The van der Waals surface area contributed by atoms with Crippen LogP contribution < -0.4 is 10.6 Å². The number of hydrogen-bond acceptors (Lipinski definition) is 5. The third-order valence-electron chi connectivity index (χ3n) is 4.98. The van der Waals surface area contributed by atoms with Crippen LogP contribution in [-0.2, 0) is 11.2 Å². The Morgan fingerprint density at radius 2 is 1.81 bits per heavy atom. The van der Waals surface area contributed by atoms with E-state index in [0.29, 0.717) is 17.7 Å². The van der Waals surface area contributed by atoms with Crippen molar-refractivity contribution in [3.05, 3.63) is 65.9 Å². The Labute approximate surface area is 187 Å². The zero-order valence-electron chi connectivity index (χ0n) is 18.7. The second kappa shape index (κ2) is 9.56. The van der Waals surface area contributed by atoms with Crippen molar-refractivity contribution >= 4 is 28.5 Å². The molecule has 2 atom stereocenters. The van der Waals surface area contributed by atoms with Gasteiger partial charge < -0.3 is 20.4 Å². The number of ether oxygens (including phenoxy) is 1. The van der Waals surface area contributed by atoms with Crippen LogP contribution in [0.15, 0.2) is 54.7 Å². The average Bonchev–Trinajstić information content (AvgIpc) is 3.13. The molecule has 1 unspecified atom stereocenters. The second-order valence-corrected chi connectivity index (χ2v) is 8.67. The highest BCUT2D eigenvalue weighted by Crippen LogP contribution is 2.22. The summed E-state index contributed by atoms with van der Waals surface area (Å²) in [5.41, 5.74) is 2.29. The minimum atomic E-state index is -0.809. The lowest BCUT2D eigenvalue weighted by molar-refractivity contribution is 0.0502. The van der Waals surface area contributed by atoms with Crippen LogP contribution in [0.2, 0.25) is 0 Å². The molecule has 1 heterocycles. The highest BCUT2D eigenvalue weighted by molar-refractivity contribution is 5.99. The number of aromatic amines is 1. The molecule has 0 aliphatic rings. The minimum absolute atomic E-state index is 0.113. The molecule has 7 heteroatoms. The fourth-order valence-corrected chi connectivity index (χ4v) is 3.55. The number of H-pyrrole nitrogens is 1. The van der Waals surface area contributed by atoms with Crippen molar-refractivity contribution in [3.63, 3.8) is 0 Å². The SMILES string of the molecule is CC(=O)c1ccccc1NC(C#N)[C@H](Cc1c[nH]c2ccccc12)NC(=O)OC(C)(C)C. The number of carbonyl (C=O) groups is 2. The molecule has 3 aromatic rings. The smallest absolute Gasteiger partial charge is 0.407 e. The zero-order valence-corrected chi connectivity index (χ0v) is 18.7. The van der Waals surface area contributed by atoms with Crippen LogP contribution >= 0.6 is 0 Å². The predicted molar refractivity (Wildman–Crippen MR) is 125 cm³/mol. The number of para-hydroxylation sites is 2. The molecule has 0 spiro atoms. The van der Waals surface area contributed by atoms with E-state index in [1.165, 1.54) is 6.92 Å². The molecule has 3 rings (SSSR count). The first kappa shape index (κ1) is 22.9. The number of Topliss-reactive ketones (excluding diaryl/α,β-unsaturated/α-hetero) is 1. The monoisotopic (exact) mass is 432 g/mol. The van der Waals surface area contributed by atoms with Gasteiger partial charge in [-0.05, 0) is 57.9 Å². The van der Waals surface area contributed by atoms with Gasteiger partial charge in [-0.1, -0.05) is 30.3 Å². The molecule has 1 aromatic heterocycles. The molecular weight excluding hydrogens is 404 g/mol. The van der Waals surface area contributed by atoms with E-state index >= 15 is 0 Å². The van der Waals surface area contributed by atoms with Gasteiger partial charge in [0.05, 0.1) is 12.1 Å². The first-order chi connectivity index (χ1) is 15.2. The van der Waals surface area contributed by atoms with Gasteiger partial charge in [-0.2, -0.15) is 5.26 Å². The summed E-state index contributed by atoms with van der Waals surface area (Å²) in [6.07, 6.45) is 1.66. The van der Waals surface area contributed by atoms with Crippen molar-refractivity contribution in [3.8, 4) is 6.07 Å². The Morgan fingerprint density at radius 3 is 2.50 bits per heavy atom. The summed E-state index contributed by atoms with van der Waals surface area (Å²) in [5, 5.41) is 17.0. The van der Waals surface area contributed by atoms with Crippen molar-refractivity contribution in [2.24, 2.45) is 0 Å². The molecule has 1 amide bonds. The number of amides is 1. The van der Waals surface area contributed by atoms with Gasteiger partial charge in [-0.25, -0.2) is 4.79 Å². The number of rotatable bonds is 7. The molecule has 0 aliphatic carbocycles. The van der Waals surface area contributed by atoms with E-state index in [2.05, 4.69) is 21.7 Å². The maximum Gasteiger partial charge on any atom is 0.407 e. The van der Waals surface area contributed by atoms with Gasteiger partial charge in [-0.15, -0.1) is 0 Å². The van der Waals surface area contributed by atoms with Crippen LogP contribution in [0.1, 0.15) is 43.6 Å². The van der Waals surface area contributed by atoms with Crippen molar-refractivity contribution < 1.29 is 14.3 Å². The summed E-state index contributed by atoms with van der Waals surface area (Å²) < 4.78 is 5.43. The lowest BCUT2D eigenvalue weighted by Gasteiger charge is -2.27. The Morgan fingerprint density at radius 1 is 1.12 bits per heavy atom. The Kier molecular flexibility index (Phi) is 6.84. The summed E-state index contributed by atoms with van der Waals surface area (Å²) >= 11 is 0. The number of alkyl carbamates (subject to hydrolysis) is 1. The van der Waals surface area contributed by atoms with E-state index in [1.807, 2.05) is 30.5 Å². The number of benzene rings is 2. The van der Waals surface area contributed by atoms with Crippen LogP contribution in [0.4, 0.5) is 10.5 Å². The quantitative estimate of drug-likeness (QED) is 0.465. The first-order valence-electron chi connectivity index (χ1n) is 10.5. The number of nitrogens with zero attached hydrogens (tertiary/aromatic N) is 1. The average molecular weight is 433 g/mol. The molecular formula is C25H28N4O3. The Bertz CT molecular complexity index is 1150. The van der Waals surface area contributed by atoms with Gasteiger partial charge in [0.15, 0.2) is 5.78 Å². The van der Waals surface area contributed by atoms with Gasteiger partial charge in [0.25, 0.3) is 0 Å². The third kappa shape index (κ3) is 5.67. The topological polar surface area (TPSA) is 107 Å². The molecule has 166 valence electrons. The standard InChI is InChI=1S/C25H28N4O3/c1-16(30)18-9-5-8-12-21(18)28-23(14-26)22(29-24(31)32-25(2,3)4)13-17-15-27-20-11-7-6-10-19(17)20/h5-12,15,22-23,27-28H,13H2,1-4H3,(H,29,31)/t22-,23?/m0/s1. The van der Waals surface area contributed by atoms with E-state index in [9.17, 15) is 14.9 Å². The number of nitriles is 1. The van der Waals surface area contributed by atoms with Gasteiger partial charge in [0.1, 0.15) is 11.6 Å². The molecule has 0 bridgehead atoms. The van der Waals surface area contributed by atoms with Gasteiger partial charge >= 0.3 is 6.09 Å². The van der Waals surface area contributed by atoms with Gasteiger partial charge in [0, 0.05) is 28.4 Å². The summed E-state index contributed by atoms with van der Waals surface area (Å²) in [6, 6.07) is 15.7. The molecule has 3 N–H and O–H groups in total. The van der Waals surface area contributed by atoms with Crippen LogP contribution in [-0.4, -0.2) is 34.5 Å². The van der Waals surface area contributed by atoms with Crippen molar-refractivity contribution in [2.75, 3.05) is 5.32 Å². The highest BCUT2D eigenvalue weighted by atomic mass is 16.6. The molecule has 2 aromatic carbocycles. The second-order valence-electron chi connectivity index (χ2n) is 8.67. The summed E-state index contributed by atoms with van der Waals surface area (Å²) in [5.74, 6) is -0.113. The normalized spacial score (nSPS) is 13.1. The lowest BCUT2D eigenvalue weighted by Crippen LogP contribution is -2.49. The summed E-state index contributed by atoms with van der Waals surface area (Å²) in [4.78, 5) is 27.8. The molecule has 0 saturated heterocycles. The van der Waals surface area contributed by atoms with Crippen molar-refractivity contribution in [1.82, 2.24) is 10.3 Å². The van der Waals surface area contributed by atoms with E-state index in [-0.39, 0.29) is 5.78 Å². The van der Waals surface area contributed by atoms with Crippen molar-refractivity contribution in [2.45, 2.75) is 51.8 Å². The Hall–Kier alpha value is -3.79. The van der Waals surface area contributed by atoms with Gasteiger partial charge in [-0.3, -0.25) is 4.79 Å². The Balaban J connectivity index is 1.92. The predicted octanol–water partition coefficient (Wildman–Crippen LogP) is 4.81. The molecule has 0 radical (unpaired) electrons. The fraction of sp³-hybridized carbons (Fsp3) is 0.320. The van der Waals surface area contributed by atoms with Crippen LogP contribution in [0.25, 0.3) is 10.9 Å². The minimum Gasteiger partial charge on any atom is -0.444 e. The summed E-state index contributed by atoms with van der Waals surface area (Å²) in [6.45, 7) is 6.82. The van der Waals surface area contributed by atoms with Crippen LogP contribution in [0, 0.1) is 11.3 Å². The molecule has 7 nitrogen and oxygen atoms in total. The molecule has 0 fully saturated rings. The van der Waals surface area contributed by atoms with Crippen molar-refractivity contribution in [1.29, 1.82) is 5.26 Å². The summed E-state index contributed by atoms with van der Waals surface area (Å²) in [7, 11) is 0. The number of nitrogens with one attached hydrogen (secondary N) is 3. The highest BCUT2D eigenvalue weighted by Gasteiger charge is 2.28. The zero-order chi connectivity index (χ0) is 23.3. The number of ketones is 1.